The van der Waals surface area contributed by atoms with Crippen LogP contribution in [0, 0.1) is 24.2 Å². The number of allylic oxidation sites excluding steroid dienone is 1. The Hall–Kier alpha value is -1.52. The van der Waals surface area contributed by atoms with E-state index in [4.69, 9.17) is 11.2 Å². The average Bonchev–Trinajstić information content (AvgIpc) is 2.78. The molecular weight excluding hydrogens is 352 g/mol. The lowest BCUT2D eigenvalue weighted by Gasteiger charge is -2.36. The summed E-state index contributed by atoms with van der Waals surface area (Å²) in [4.78, 5) is 0. The highest BCUT2D eigenvalue weighted by Gasteiger charge is 2.35. The van der Waals surface area contributed by atoms with Crippen molar-refractivity contribution >= 4 is 0 Å². The van der Waals surface area contributed by atoms with E-state index < -0.39 is 0 Å². The van der Waals surface area contributed by atoms with Crippen molar-refractivity contribution in [2.75, 3.05) is 6.61 Å². The lowest BCUT2D eigenvalue weighted by atomic mass is 9.69. The van der Waals surface area contributed by atoms with Crippen LogP contribution in [0.3, 0.4) is 0 Å². The zero-order valence-corrected chi connectivity index (χ0v) is 18.5. The molecule has 0 amide bonds. The summed E-state index contributed by atoms with van der Waals surface area (Å²) < 4.78 is 5.82. The molecule has 0 heterocycles. The van der Waals surface area contributed by atoms with Gasteiger partial charge in [-0.1, -0.05) is 61.9 Å². The molecule has 3 rings (SSSR count). The molecule has 0 N–H and O–H groups in total. The van der Waals surface area contributed by atoms with E-state index in [0.29, 0.717) is 6.10 Å². The van der Waals surface area contributed by atoms with Crippen molar-refractivity contribution in [1.29, 1.82) is 0 Å². The van der Waals surface area contributed by atoms with Gasteiger partial charge in [-0.15, -0.1) is 13.0 Å². The Morgan fingerprint density at radius 2 is 1.66 bits per heavy atom. The van der Waals surface area contributed by atoms with Crippen molar-refractivity contribution in [1.82, 2.24) is 0 Å². The van der Waals surface area contributed by atoms with Crippen molar-refractivity contribution in [3.05, 3.63) is 48.0 Å². The fourth-order valence-corrected chi connectivity index (χ4v) is 5.53. The van der Waals surface area contributed by atoms with Gasteiger partial charge in [0.15, 0.2) is 0 Å². The fourth-order valence-electron chi connectivity index (χ4n) is 5.53. The van der Waals surface area contributed by atoms with Crippen LogP contribution in [0.4, 0.5) is 0 Å². The summed E-state index contributed by atoms with van der Waals surface area (Å²) in [6.07, 6.45) is 23.5. The summed E-state index contributed by atoms with van der Waals surface area (Å²) >= 11 is 0. The van der Waals surface area contributed by atoms with Gasteiger partial charge in [0.05, 0.1) is 11.5 Å². The molecule has 2 fully saturated rings. The predicted octanol–water partition coefficient (Wildman–Crippen LogP) is 7.24. The van der Waals surface area contributed by atoms with Crippen LogP contribution in [0.25, 0.3) is 0 Å². The summed E-state index contributed by atoms with van der Waals surface area (Å²) in [7, 11) is 0. The highest BCUT2D eigenvalue weighted by molar-refractivity contribution is 5.37. The normalized spacial score (nSPS) is 29.9. The van der Waals surface area contributed by atoms with E-state index in [0.717, 1.165) is 44.1 Å². The van der Waals surface area contributed by atoms with E-state index in [1.54, 1.807) is 0 Å². The largest absolute Gasteiger partial charge is 0.379 e. The summed E-state index contributed by atoms with van der Waals surface area (Å²) in [5.41, 5.74) is 2.72. The molecule has 0 saturated heterocycles. The van der Waals surface area contributed by atoms with E-state index in [9.17, 15) is 0 Å². The maximum absolute atomic E-state index is 6.03. The Balaban J connectivity index is 1.48. The molecule has 0 aliphatic heterocycles. The van der Waals surface area contributed by atoms with Gasteiger partial charge >= 0.3 is 0 Å². The molecule has 0 atom stereocenters. The number of hydrogen-bond donors (Lipinski definition) is 0. The van der Waals surface area contributed by atoms with Gasteiger partial charge in [0.25, 0.3) is 0 Å². The second kappa shape index (κ2) is 11.0. The maximum Gasteiger partial charge on any atom is 0.0576 e. The van der Waals surface area contributed by atoms with Gasteiger partial charge in [-0.2, -0.15) is 0 Å². The average molecular weight is 393 g/mol. The predicted molar refractivity (Wildman–Crippen MR) is 124 cm³/mol. The Kier molecular flexibility index (Phi) is 8.43. The smallest absolute Gasteiger partial charge is 0.0576 e. The van der Waals surface area contributed by atoms with Gasteiger partial charge in [-0.3, -0.25) is 0 Å². The molecule has 1 nitrogen and oxygen atoms in total. The molecule has 0 unspecified atom stereocenters. The first-order chi connectivity index (χ1) is 14.2. The van der Waals surface area contributed by atoms with E-state index in [2.05, 4.69) is 49.8 Å². The molecule has 0 aromatic heterocycles. The van der Waals surface area contributed by atoms with Gasteiger partial charge in [0, 0.05) is 6.61 Å². The molecule has 1 aromatic carbocycles. The Morgan fingerprint density at radius 1 is 1.03 bits per heavy atom. The van der Waals surface area contributed by atoms with Crippen LogP contribution >= 0.6 is 0 Å². The van der Waals surface area contributed by atoms with Crippen molar-refractivity contribution in [3.8, 4) is 12.3 Å². The molecule has 2 aliphatic carbocycles. The quantitative estimate of drug-likeness (QED) is 0.318. The van der Waals surface area contributed by atoms with E-state index in [-0.39, 0.29) is 5.41 Å². The van der Waals surface area contributed by atoms with Crippen LogP contribution in [0.5, 0.6) is 0 Å². The Morgan fingerprint density at radius 3 is 2.21 bits per heavy atom. The number of benzene rings is 1. The molecular formula is C28H40O. The van der Waals surface area contributed by atoms with Crippen LogP contribution in [-0.2, 0) is 16.6 Å². The van der Waals surface area contributed by atoms with Gasteiger partial charge < -0.3 is 4.74 Å². The number of terminal acetylenes is 1. The third-order valence-electron chi connectivity index (χ3n) is 7.56. The van der Waals surface area contributed by atoms with Crippen LogP contribution < -0.4 is 0 Å². The third-order valence-corrected chi connectivity index (χ3v) is 7.56. The summed E-state index contributed by atoms with van der Waals surface area (Å²) in [5.74, 6) is 5.02. The van der Waals surface area contributed by atoms with Crippen molar-refractivity contribution < 1.29 is 4.74 Å². The topological polar surface area (TPSA) is 9.23 Å². The lowest BCUT2D eigenvalue weighted by molar-refractivity contribution is 0.0263. The minimum absolute atomic E-state index is 0.0873. The highest BCUT2D eigenvalue weighted by Crippen LogP contribution is 2.40. The number of hydrogen-bond acceptors (Lipinski definition) is 1. The summed E-state index contributed by atoms with van der Waals surface area (Å²) in [6, 6.07) is 9.28. The van der Waals surface area contributed by atoms with Crippen molar-refractivity contribution in [3.63, 3.8) is 0 Å². The molecule has 2 aliphatic rings. The van der Waals surface area contributed by atoms with Crippen LogP contribution in [0.2, 0.25) is 0 Å². The van der Waals surface area contributed by atoms with Gasteiger partial charge in [0.1, 0.15) is 0 Å². The molecule has 0 bridgehead atoms. The maximum atomic E-state index is 6.03. The monoisotopic (exact) mass is 392 g/mol. The molecule has 1 heteroatoms. The molecule has 2 saturated carbocycles. The number of aryl methyl sites for hydroxylation is 1. The number of rotatable bonds is 9. The zero-order valence-electron chi connectivity index (χ0n) is 18.5. The summed E-state index contributed by atoms with van der Waals surface area (Å²) in [6.45, 7) is 6.75. The Labute approximate surface area is 179 Å². The molecule has 1 aromatic rings. The van der Waals surface area contributed by atoms with Crippen LogP contribution in [0.1, 0.15) is 88.7 Å². The minimum atomic E-state index is -0.0873. The van der Waals surface area contributed by atoms with Gasteiger partial charge in [0.2, 0.25) is 0 Å². The Bertz CT molecular complexity index is 649. The van der Waals surface area contributed by atoms with E-state index in [1.807, 2.05) is 0 Å². The molecule has 0 spiro atoms. The van der Waals surface area contributed by atoms with Crippen molar-refractivity contribution in [2.24, 2.45) is 11.8 Å². The van der Waals surface area contributed by atoms with Crippen molar-refractivity contribution in [2.45, 2.75) is 95.5 Å². The van der Waals surface area contributed by atoms with Gasteiger partial charge in [-0.25, -0.2) is 0 Å². The number of ether oxygens (including phenoxy) is 1. The zero-order chi connectivity index (χ0) is 20.5. The highest BCUT2D eigenvalue weighted by atomic mass is 16.5. The second-order valence-electron chi connectivity index (χ2n) is 9.37. The first kappa shape index (κ1) is 22.2. The first-order valence-electron chi connectivity index (χ1n) is 12.0. The standard InChI is InChI=1S/C28H40O/c1-4-7-8-23-9-11-24(12-10-23)13-14-25-15-17-26(18-16-25)28(5-2)21-19-27(20-22-28)29-6-3/h2,4,15-18,23-24,27H,1,6-14,19-22H2,3H3. The first-order valence-corrected chi connectivity index (χ1v) is 12.0. The fraction of sp³-hybridized carbons (Fsp3) is 0.643. The minimum Gasteiger partial charge on any atom is -0.379 e. The second-order valence-corrected chi connectivity index (χ2v) is 9.37. The summed E-state index contributed by atoms with van der Waals surface area (Å²) in [5, 5.41) is 0. The van der Waals surface area contributed by atoms with Crippen LogP contribution in [0.15, 0.2) is 36.9 Å². The molecule has 158 valence electrons. The molecule has 0 radical (unpaired) electrons. The van der Waals surface area contributed by atoms with Crippen LogP contribution in [-0.4, -0.2) is 12.7 Å². The lowest BCUT2D eigenvalue weighted by Crippen LogP contribution is -2.33. The third kappa shape index (κ3) is 5.99. The molecule has 29 heavy (non-hydrogen) atoms. The van der Waals surface area contributed by atoms with E-state index in [1.165, 1.54) is 62.5 Å². The SMILES string of the molecule is C#CC1(c2ccc(CCC3CCC(CCC=C)CC3)cc2)CCC(OCC)CC1. The van der Waals surface area contributed by atoms with Gasteiger partial charge in [-0.05, 0) is 81.3 Å². The van der Waals surface area contributed by atoms with E-state index >= 15 is 0 Å².